The van der Waals surface area contributed by atoms with Crippen molar-refractivity contribution in [2.24, 2.45) is 10.9 Å². The van der Waals surface area contributed by atoms with Gasteiger partial charge in [0.15, 0.2) is 5.84 Å². The summed E-state index contributed by atoms with van der Waals surface area (Å²) in [6.07, 6.45) is 2.97. The van der Waals surface area contributed by atoms with Gasteiger partial charge in [-0.2, -0.15) is 0 Å². The largest absolute Gasteiger partial charge is 0.409 e. The van der Waals surface area contributed by atoms with Gasteiger partial charge in [-0.15, -0.1) is 11.8 Å². The highest BCUT2D eigenvalue weighted by Crippen LogP contribution is 2.30. The average molecular weight is 281 g/mol. The van der Waals surface area contributed by atoms with E-state index in [4.69, 9.17) is 15.7 Å². The van der Waals surface area contributed by atoms with Gasteiger partial charge in [0.1, 0.15) is 0 Å². The van der Waals surface area contributed by atoms with Crippen LogP contribution >= 0.6 is 11.8 Å². The topological polar surface area (TPSA) is 71.1 Å². The Labute approximate surface area is 117 Å². The zero-order chi connectivity index (χ0) is 13.7. The van der Waals surface area contributed by atoms with E-state index in [9.17, 15) is 0 Å². The lowest BCUT2D eigenvalue weighted by molar-refractivity contribution is 0.152. The number of hydrogen-bond donors (Lipinski definition) is 2. The standard InChI is InChI=1S/C13H19N3O2S/c1-19-11-5-2-4-10(12(11)13(14)15-17)16-6-3-8-18-9-7-16/h2,4-5,17H,3,6-9H2,1H3,(H2,14,15). The Kier molecular flexibility index (Phi) is 4.93. The van der Waals surface area contributed by atoms with E-state index in [1.165, 1.54) is 0 Å². The van der Waals surface area contributed by atoms with Crippen LogP contribution in [0.1, 0.15) is 12.0 Å². The molecule has 0 atom stereocenters. The van der Waals surface area contributed by atoms with Gasteiger partial charge >= 0.3 is 0 Å². The summed E-state index contributed by atoms with van der Waals surface area (Å²) >= 11 is 1.59. The lowest BCUT2D eigenvalue weighted by Gasteiger charge is -2.25. The molecule has 1 heterocycles. The molecule has 6 heteroatoms. The zero-order valence-electron chi connectivity index (χ0n) is 11.0. The number of thioether (sulfide) groups is 1. The molecule has 104 valence electrons. The van der Waals surface area contributed by atoms with Crippen molar-refractivity contribution >= 4 is 23.3 Å². The molecule has 0 unspecified atom stereocenters. The molecular weight excluding hydrogens is 262 g/mol. The molecule has 1 fully saturated rings. The lowest BCUT2D eigenvalue weighted by atomic mass is 10.1. The van der Waals surface area contributed by atoms with Crippen LogP contribution in [0, 0.1) is 0 Å². The second-order valence-corrected chi connectivity index (χ2v) is 5.14. The maximum atomic E-state index is 9.00. The molecule has 5 nitrogen and oxygen atoms in total. The molecule has 1 saturated heterocycles. The minimum absolute atomic E-state index is 0.158. The Hall–Kier alpha value is -1.40. The van der Waals surface area contributed by atoms with Crippen LogP contribution in [0.4, 0.5) is 5.69 Å². The van der Waals surface area contributed by atoms with E-state index < -0.39 is 0 Å². The van der Waals surface area contributed by atoms with Crippen molar-refractivity contribution in [2.45, 2.75) is 11.3 Å². The Balaban J connectivity index is 2.43. The summed E-state index contributed by atoms with van der Waals surface area (Å²) in [5.41, 5.74) is 7.66. The molecule has 1 aromatic rings. The van der Waals surface area contributed by atoms with Crippen molar-refractivity contribution in [3.63, 3.8) is 0 Å². The molecular formula is C13H19N3O2S. The van der Waals surface area contributed by atoms with Gasteiger partial charge in [0.05, 0.1) is 12.2 Å². The Bertz CT molecular complexity index is 457. The third-order valence-corrected chi connectivity index (χ3v) is 3.93. The molecule has 1 aromatic carbocycles. The normalized spacial score (nSPS) is 17.3. The quantitative estimate of drug-likeness (QED) is 0.290. The van der Waals surface area contributed by atoms with Crippen molar-refractivity contribution in [3.05, 3.63) is 23.8 Å². The van der Waals surface area contributed by atoms with E-state index in [1.54, 1.807) is 11.8 Å². The Morgan fingerprint density at radius 3 is 3.00 bits per heavy atom. The number of nitrogens with zero attached hydrogens (tertiary/aromatic N) is 2. The number of benzene rings is 1. The number of ether oxygens (including phenoxy) is 1. The van der Waals surface area contributed by atoms with Crippen molar-refractivity contribution in [1.82, 2.24) is 0 Å². The third kappa shape index (κ3) is 3.13. The number of nitrogens with two attached hydrogens (primary N) is 1. The third-order valence-electron chi connectivity index (χ3n) is 3.15. The van der Waals surface area contributed by atoms with Gasteiger partial charge in [0.25, 0.3) is 0 Å². The number of hydrogen-bond acceptors (Lipinski definition) is 5. The van der Waals surface area contributed by atoms with Crippen LogP contribution < -0.4 is 10.6 Å². The summed E-state index contributed by atoms with van der Waals surface area (Å²) in [4.78, 5) is 3.25. The monoisotopic (exact) mass is 281 g/mol. The van der Waals surface area contributed by atoms with E-state index in [2.05, 4.69) is 10.1 Å². The molecule has 0 spiro atoms. The number of rotatable bonds is 3. The molecule has 0 aliphatic carbocycles. The SMILES string of the molecule is CSc1cccc(N2CCCOCC2)c1/C(N)=N/O. The predicted octanol–water partition coefficient (Wildman–Crippen LogP) is 1.73. The van der Waals surface area contributed by atoms with Crippen LogP contribution in [-0.2, 0) is 4.74 Å². The van der Waals surface area contributed by atoms with Crippen LogP contribution in [0.3, 0.4) is 0 Å². The molecule has 0 bridgehead atoms. The van der Waals surface area contributed by atoms with Gasteiger partial charge in [-0.05, 0) is 24.8 Å². The highest BCUT2D eigenvalue weighted by atomic mass is 32.2. The van der Waals surface area contributed by atoms with Gasteiger partial charge in [0.2, 0.25) is 0 Å². The van der Waals surface area contributed by atoms with E-state index in [1.807, 2.05) is 24.5 Å². The van der Waals surface area contributed by atoms with Gasteiger partial charge in [-0.1, -0.05) is 11.2 Å². The molecule has 1 aliphatic heterocycles. The first-order chi connectivity index (χ1) is 9.27. The second kappa shape index (κ2) is 6.68. The van der Waals surface area contributed by atoms with Crippen LogP contribution in [-0.4, -0.2) is 43.6 Å². The Morgan fingerprint density at radius 2 is 2.26 bits per heavy atom. The minimum Gasteiger partial charge on any atom is -0.409 e. The van der Waals surface area contributed by atoms with Gasteiger partial charge in [0, 0.05) is 30.3 Å². The zero-order valence-corrected chi connectivity index (χ0v) is 11.8. The summed E-state index contributed by atoms with van der Waals surface area (Å²) in [6, 6.07) is 6.00. The number of oxime groups is 1. The van der Waals surface area contributed by atoms with Crippen LogP contribution in [0.2, 0.25) is 0 Å². The van der Waals surface area contributed by atoms with E-state index in [0.717, 1.165) is 42.3 Å². The lowest BCUT2D eigenvalue weighted by Crippen LogP contribution is -2.29. The first-order valence-electron chi connectivity index (χ1n) is 6.25. The summed E-state index contributed by atoms with van der Waals surface area (Å²) < 4.78 is 5.47. The summed E-state index contributed by atoms with van der Waals surface area (Å²) in [6.45, 7) is 3.24. The first-order valence-corrected chi connectivity index (χ1v) is 7.48. The number of anilines is 1. The highest BCUT2D eigenvalue weighted by Gasteiger charge is 2.18. The molecule has 1 aliphatic rings. The molecule has 0 radical (unpaired) electrons. The summed E-state index contributed by atoms with van der Waals surface area (Å²) in [5.74, 6) is 0.158. The molecule has 2 rings (SSSR count). The molecule has 0 saturated carbocycles. The average Bonchev–Trinajstić information content (AvgIpc) is 2.74. The van der Waals surface area contributed by atoms with E-state index >= 15 is 0 Å². The smallest absolute Gasteiger partial charge is 0.173 e. The van der Waals surface area contributed by atoms with Crippen molar-refractivity contribution in [3.8, 4) is 0 Å². The van der Waals surface area contributed by atoms with Crippen molar-refractivity contribution in [2.75, 3.05) is 37.5 Å². The van der Waals surface area contributed by atoms with Crippen molar-refractivity contribution in [1.29, 1.82) is 0 Å². The van der Waals surface area contributed by atoms with Crippen LogP contribution in [0.25, 0.3) is 0 Å². The first kappa shape index (κ1) is 14.0. The predicted molar refractivity (Wildman–Crippen MR) is 78.4 cm³/mol. The molecule has 19 heavy (non-hydrogen) atoms. The minimum atomic E-state index is 0.158. The second-order valence-electron chi connectivity index (χ2n) is 4.29. The number of amidine groups is 1. The molecule has 0 aromatic heterocycles. The van der Waals surface area contributed by atoms with Crippen LogP contribution in [0.15, 0.2) is 28.3 Å². The van der Waals surface area contributed by atoms with E-state index in [0.29, 0.717) is 6.61 Å². The maximum Gasteiger partial charge on any atom is 0.173 e. The van der Waals surface area contributed by atoms with Crippen LogP contribution in [0.5, 0.6) is 0 Å². The van der Waals surface area contributed by atoms with Gasteiger partial charge < -0.3 is 20.6 Å². The summed E-state index contributed by atoms with van der Waals surface area (Å²) in [5, 5.41) is 12.2. The fourth-order valence-electron chi connectivity index (χ4n) is 2.25. The molecule has 0 amide bonds. The fraction of sp³-hybridized carbons (Fsp3) is 0.462. The fourth-order valence-corrected chi connectivity index (χ4v) is 2.88. The van der Waals surface area contributed by atoms with Gasteiger partial charge in [-0.25, -0.2) is 0 Å². The summed E-state index contributed by atoms with van der Waals surface area (Å²) in [7, 11) is 0. The van der Waals surface area contributed by atoms with E-state index in [-0.39, 0.29) is 5.84 Å². The molecule has 3 N–H and O–H groups in total. The Morgan fingerprint density at radius 1 is 1.42 bits per heavy atom. The van der Waals surface area contributed by atoms with Gasteiger partial charge in [-0.3, -0.25) is 0 Å². The highest BCUT2D eigenvalue weighted by molar-refractivity contribution is 7.98. The maximum absolute atomic E-state index is 9.00. The van der Waals surface area contributed by atoms with Crippen molar-refractivity contribution < 1.29 is 9.94 Å².